The van der Waals surface area contributed by atoms with Gasteiger partial charge in [-0.05, 0) is 0 Å². The molecule has 0 amide bonds. The Morgan fingerprint density at radius 3 is 2.06 bits per heavy atom. The van der Waals surface area contributed by atoms with Crippen LogP contribution in [0.1, 0.15) is 24.8 Å². The normalized spacial score (nSPS) is 12.6. The molecule has 0 unspecified atom stereocenters. The maximum Gasteiger partial charge on any atom is 2.00 e. The summed E-state index contributed by atoms with van der Waals surface area (Å²) in [5.74, 6) is 0. The average molecular weight is 278 g/mol. The summed E-state index contributed by atoms with van der Waals surface area (Å²) in [4.78, 5) is 0. The number of allylic oxidation sites excluding steroid dienone is 3. The van der Waals surface area contributed by atoms with Gasteiger partial charge in [-0.3, -0.25) is 0 Å². The first-order valence-electron chi connectivity index (χ1n) is 6.15. The molecule has 1 aliphatic rings. The monoisotopic (exact) mass is 278 g/mol. The van der Waals surface area contributed by atoms with Crippen LogP contribution in [0.2, 0.25) is 0 Å². The second-order valence-corrected chi connectivity index (χ2v) is 4.21. The van der Waals surface area contributed by atoms with Crippen molar-refractivity contribution >= 4 is 5.57 Å². The van der Waals surface area contributed by atoms with Gasteiger partial charge in [0.1, 0.15) is 0 Å². The van der Waals surface area contributed by atoms with Crippen molar-refractivity contribution in [3.63, 3.8) is 0 Å². The molecule has 2 aromatic carbocycles. The maximum atomic E-state index is 3.86. The summed E-state index contributed by atoms with van der Waals surface area (Å²) in [6.45, 7) is 3.86. The second-order valence-electron chi connectivity index (χ2n) is 4.21. The van der Waals surface area contributed by atoms with Gasteiger partial charge in [0.2, 0.25) is 0 Å². The summed E-state index contributed by atoms with van der Waals surface area (Å²) in [5.41, 5.74) is 4.28. The molecule has 1 saturated carbocycles. The smallest absolute Gasteiger partial charge is 0.214 e. The van der Waals surface area contributed by atoms with Gasteiger partial charge in [0.05, 0.1) is 0 Å². The molecule has 0 nitrogen and oxygen atoms in total. The fourth-order valence-corrected chi connectivity index (χ4v) is 1.96. The third kappa shape index (κ3) is 3.87. The molecule has 1 aliphatic carbocycles. The molecular weight excluding hydrogens is 260 g/mol. The van der Waals surface area contributed by atoms with Crippen LogP contribution in [0.25, 0.3) is 5.57 Å². The van der Waals surface area contributed by atoms with Gasteiger partial charge >= 0.3 is 17.1 Å². The fraction of sp³-hybridized carbons (Fsp3) is 0.176. The first kappa shape index (κ1) is 14.8. The molecule has 1 heteroatoms. The van der Waals surface area contributed by atoms with Gasteiger partial charge < -0.3 is 0 Å². The van der Waals surface area contributed by atoms with Crippen LogP contribution in [0, 0.1) is 0 Å². The molecule has 2 aromatic rings. The van der Waals surface area contributed by atoms with Crippen molar-refractivity contribution in [1.82, 2.24) is 0 Å². The molecule has 18 heavy (non-hydrogen) atoms. The Morgan fingerprint density at radius 2 is 1.72 bits per heavy atom. The van der Waals surface area contributed by atoms with E-state index in [9.17, 15) is 0 Å². The molecule has 0 N–H and O–H groups in total. The van der Waals surface area contributed by atoms with E-state index in [-0.39, 0.29) is 17.1 Å². The first-order chi connectivity index (χ1) is 8.42. The Balaban J connectivity index is 0.000000230. The molecule has 0 saturated heterocycles. The van der Waals surface area contributed by atoms with Gasteiger partial charge in [0.15, 0.2) is 0 Å². The molecule has 0 bridgehead atoms. The van der Waals surface area contributed by atoms with Crippen molar-refractivity contribution in [3.05, 3.63) is 78.4 Å². The standard InChI is InChI=1S/C12H13.C5H5.Fe/c1-2-12(11-8-5-9-11)10-6-3-4-7-10;1-2-4-5-3-1;/h2-4,6-7H,1,5,8-9H2;1-5H;/q2*-1;+2. The van der Waals surface area contributed by atoms with Crippen LogP contribution in [-0.4, -0.2) is 0 Å². The van der Waals surface area contributed by atoms with Crippen LogP contribution in [-0.2, 0) is 17.1 Å². The summed E-state index contributed by atoms with van der Waals surface area (Å²) in [6, 6.07) is 18.5. The summed E-state index contributed by atoms with van der Waals surface area (Å²) < 4.78 is 0. The Morgan fingerprint density at radius 1 is 1.11 bits per heavy atom. The summed E-state index contributed by atoms with van der Waals surface area (Å²) >= 11 is 0. The zero-order valence-corrected chi connectivity index (χ0v) is 11.6. The van der Waals surface area contributed by atoms with Crippen LogP contribution >= 0.6 is 0 Å². The van der Waals surface area contributed by atoms with E-state index in [4.69, 9.17) is 0 Å². The van der Waals surface area contributed by atoms with Crippen LogP contribution in [0.3, 0.4) is 0 Å². The second kappa shape index (κ2) is 7.92. The third-order valence-electron chi connectivity index (χ3n) is 3.07. The number of rotatable bonds is 2. The minimum atomic E-state index is 0. The summed E-state index contributed by atoms with van der Waals surface area (Å²) in [5, 5.41) is 0. The maximum absolute atomic E-state index is 3.86. The van der Waals surface area contributed by atoms with Crippen molar-refractivity contribution in [2.75, 3.05) is 0 Å². The predicted octanol–water partition coefficient (Wildman–Crippen LogP) is 4.93. The van der Waals surface area contributed by atoms with E-state index in [1.165, 1.54) is 30.4 Å². The van der Waals surface area contributed by atoms with Gasteiger partial charge in [0, 0.05) is 0 Å². The topological polar surface area (TPSA) is 0 Å². The van der Waals surface area contributed by atoms with Crippen LogP contribution in [0.5, 0.6) is 0 Å². The van der Waals surface area contributed by atoms with Crippen molar-refractivity contribution in [2.45, 2.75) is 19.3 Å². The van der Waals surface area contributed by atoms with Crippen LogP contribution in [0.15, 0.2) is 72.8 Å². The van der Waals surface area contributed by atoms with Crippen LogP contribution in [0.4, 0.5) is 0 Å². The fourth-order valence-electron chi connectivity index (χ4n) is 1.96. The zero-order chi connectivity index (χ0) is 11.9. The Hall–Kier alpha value is -1.30. The summed E-state index contributed by atoms with van der Waals surface area (Å²) in [6.07, 6.45) is 5.89. The molecule has 1 fully saturated rings. The minimum absolute atomic E-state index is 0. The number of hydrogen-bond acceptors (Lipinski definition) is 0. The zero-order valence-electron chi connectivity index (χ0n) is 10.5. The SMILES string of the molecule is C=CC(=C1CCC1)[c-]1cccc1.[Fe+2].c1cc[cH-]c1. The third-order valence-corrected chi connectivity index (χ3v) is 3.07. The molecule has 3 rings (SSSR count). The minimum Gasteiger partial charge on any atom is -0.214 e. The Kier molecular flexibility index (Phi) is 6.49. The quantitative estimate of drug-likeness (QED) is 0.539. The van der Waals surface area contributed by atoms with Crippen LogP contribution < -0.4 is 0 Å². The van der Waals surface area contributed by atoms with Gasteiger partial charge in [-0.1, -0.05) is 24.8 Å². The van der Waals surface area contributed by atoms with E-state index in [2.05, 4.69) is 30.8 Å². The largest absolute Gasteiger partial charge is 2.00 e. The van der Waals surface area contributed by atoms with E-state index >= 15 is 0 Å². The molecule has 0 spiro atoms. The molecule has 0 aliphatic heterocycles. The van der Waals surface area contributed by atoms with Crippen molar-refractivity contribution < 1.29 is 17.1 Å². The van der Waals surface area contributed by atoms with E-state index in [1.807, 2.05) is 36.4 Å². The summed E-state index contributed by atoms with van der Waals surface area (Å²) in [7, 11) is 0. The van der Waals surface area contributed by atoms with Gasteiger partial charge in [-0.15, -0.1) is 35.9 Å². The number of hydrogen-bond donors (Lipinski definition) is 0. The Bertz CT molecular complexity index is 434. The van der Waals surface area contributed by atoms with Crippen molar-refractivity contribution in [2.24, 2.45) is 0 Å². The van der Waals surface area contributed by atoms with Gasteiger partial charge in [0.25, 0.3) is 0 Å². The van der Waals surface area contributed by atoms with Crippen molar-refractivity contribution in [1.29, 1.82) is 0 Å². The van der Waals surface area contributed by atoms with Gasteiger partial charge in [-0.25, -0.2) is 12.1 Å². The molecule has 0 heterocycles. The van der Waals surface area contributed by atoms with E-state index < -0.39 is 0 Å². The molecule has 0 atom stereocenters. The predicted molar refractivity (Wildman–Crippen MR) is 75.0 cm³/mol. The Labute approximate surface area is 120 Å². The molecular formula is C17H18Fe. The molecule has 0 radical (unpaired) electrons. The van der Waals surface area contributed by atoms with E-state index in [0.717, 1.165) is 0 Å². The van der Waals surface area contributed by atoms with Gasteiger partial charge in [-0.2, -0.15) is 30.3 Å². The molecule has 0 aromatic heterocycles. The first-order valence-corrected chi connectivity index (χ1v) is 6.15. The van der Waals surface area contributed by atoms with E-state index in [0.29, 0.717) is 0 Å². The van der Waals surface area contributed by atoms with Crippen molar-refractivity contribution in [3.8, 4) is 0 Å². The average Bonchev–Trinajstić information content (AvgIpc) is 2.96. The van der Waals surface area contributed by atoms with E-state index in [1.54, 1.807) is 5.57 Å². The molecule has 94 valence electrons.